The molecule has 2 N–H and O–H groups in total. The minimum absolute atomic E-state index is 0.0462. The molecule has 0 radical (unpaired) electrons. The van der Waals surface area contributed by atoms with Gasteiger partial charge in [-0.1, -0.05) is 36.3 Å². The number of amides is 1. The Kier molecular flexibility index (Phi) is 5.46. The molecule has 1 aromatic rings. The molecule has 0 unspecified atom stereocenters. The third kappa shape index (κ3) is 4.00. The highest BCUT2D eigenvalue weighted by Crippen LogP contribution is 2.28. The Balaban J connectivity index is 2.08. The summed E-state index contributed by atoms with van der Waals surface area (Å²) in [5, 5.41) is 12.1. The van der Waals surface area contributed by atoms with Crippen LogP contribution < -0.4 is 5.32 Å². The number of anilines is 1. The molecule has 0 aromatic heterocycles. The number of benzene rings is 1. The molecule has 0 aliphatic heterocycles. The Morgan fingerprint density at radius 2 is 2.15 bits per heavy atom. The first-order valence-electron chi connectivity index (χ1n) is 6.91. The summed E-state index contributed by atoms with van der Waals surface area (Å²) in [5.74, 6) is 5.94. The number of hydrogen-bond donors (Lipinski definition) is 2. The second-order valence-corrected chi connectivity index (χ2v) is 5.35. The minimum Gasteiger partial charge on any atom is -0.395 e. The van der Waals surface area contributed by atoms with Crippen LogP contribution in [-0.2, 0) is 4.79 Å². The van der Waals surface area contributed by atoms with Crippen LogP contribution >= 0.6 is 11.6 Å². The van der Waals surface area contributed by atoms with Gasteiger partial charge >= 0.3 is 0 Å². The normalized spacial score (nSPS) is 14.7. The van der Waals surface area contributed by atoms with Crippen molar-refractivity contribution in [2.75, 3.05) is 11.9 Å². The number of hydrogen-bond acceptors (Lipinski definition) is 2. The molecule has 3 nitrogen and oxygen atoms in total. The number of aliphatic hydroxyl groups is 1. The zero-order chi connectivity index (χ0) is 14.4. The van der Waals surface area contributed by atoms with Gasteiger partial charge in [-0.25, -0.2) is 0 Å². The van der Waals surface area contributed by atoms with E-state index >= 15 is 0 Å². The molecular weight excluding hydrogens is 274 g/mol. The first-order valence-corrected chi connectivity index (χ1v) is 7.28. The first kappa shape index (κ1) is 14.9. The summed E-state index contributed by atoms with van der Waals surface area (Å²) < 4.78 is 0. The number of carbonyl (C=O) groups is 1. The third-order valence-corrected chi connectivity index (χ3v) is 3.75. The molecule has 1 aliphatic carbocycles. The van der Waals surface area contributed by atoms with E-state index in [-0.39, 0.29) is 18.4 Å². The maximum absolute atomic E-state index is 12.1. The van der Waals surface area contributed by atoms with Gasteiger partial charge in [-0.15, -0.1) is 0 Å². The Labute approximate surface area is 124 Å². The maximum atomic E-state index is 12.1. The fraction of sp³-hybridized carbons (Fsp3) is 0.438. The molecule has 0 saturated heterocycles. The van der Waals surface area contributed by atoms with Crippen molar-refractivity contribution < 1.29 is 9.90 Å². The highest BCUT2D eigenvalue weighted by atomic mass is 35.5. The van der Waals surface area contributed by atoms with E-state index in [0.29, 0.717) is 17.1 Å². The molecule has 106 valence electrons. The lowest BCUT2D eigenvalue weighted by atomic mass is 10.1. The Bertz CT molecular complexity index is 539. The lowest BCUT2D eigenvalue weighted by Gasteiger charge is -2.11. The van der Waals surface area contributed by atoms with Crippen LogP contribution in [0.1, 0.15) is 37.7 Å². The van der Waals surface area contributed by atoms with E-state index in [1.807, 2.05) is 0 Å². The van der Waals surface area contributed by atoms with Crippen LogP contribution in [0.25, 0.3) is 0 Å². The van der Waals surface area contributed by atoms with Crippen molar-refractivity contribution in [2.45, 2.75) is 32.1 Å². The summed E-state index contributed by atoms with van der Waals surface area (Å²) in [6.07, 6.45) is 4.60. The fourth-order valence-corrected chi connectivity index (χ4v) is 2.51. The molecule has 4 heteroatoms. The van der Waals surface area contributed by atoms with Crippen molar-refractivity contribution in [1.29, 1.82) is 0 Å². The van der Waals surface area contributed by atoms with Crippen molar-refractivity contribution in [3.8, 4) is 11.8 Å². The van der Waals surface area contributed by atoms with Crippen molar-refractivity contribution in [3.05, 3.63) is 28.8 Å². The van der Waals surface area contributed by atoms with E-state index in [1.54, 1.807) is 18.2 Å². The second kappa shape index (κ2) is 7.33. The molecule has 20 heavy (non-hydrogen) atoms. The number of aliphatic hydroxyl groups excluding tert-OH is 1. The van der Waals surface area contributed by atoms with Crippen molar-refractivity contribution >= 4 is 23.2 Å². The van der Waals surface area contributed by atoms with Crippen LogP contribution in [0.3, 0.4) is 0 Å². The molecule has 1 fully saturated rings. The molecular formula is C16H18ClNO2. The highest BCUT2D eigenvalue weighted by molar-refractivity contribution is 6.33. The second-order valence-electron chi connectivity index (χ2n) is 4.94. The predicted octanol–water partition coefficient (Wildman–Crippen LogP) is 3.20. The highest BCUT2D eigenvalue weighted by Gasteiger charge is 2.23. The van der Waals surface area contributed by atoms with Crippen LogP contribution in [0.15, 0.2) is 18.2 Å². The van der Waals surface area contributed by atoms with Crippen molar-refractivity contribution in [2.24, 2.45) is 5.92 Å². The van der Waals surface area contributed by atoms with E-state index in [0.717, 1.165) is 31.2 Å². The van der Waals surface area contributed by atoms with Gasteiger partial charge in [0, 0.05) is 17.9 Å². The van der Waals surface area contributed by atoms with Gasteiger partial charge in [0.15, 0.2) is 0 Å². The Hall–Kier alpha value is -1.50. The minimum atomic E-state index is 0.0462. The molecule has 0 bridgehead atoms. The molecule has 0 heterocycles. The molecule has 1 saturated carbocycles. The fourth-order valence-electron chi connectivity index (χ4n) is 2.34. The van der Waals surface area contributed by atoms with Crippen molar-refractivity contribution in [3.63, 3.8) is 0 Å². The zero-order valence-electron chi connectivity index (χ0n) is 11.3. The summed E-state index contributed by atoms with van der Waals surface area (Å²) in [4.78, 5) is 12.1. The lowest BCUT2D eigenvalue weighted by Crippen LogP contribution is -2.20. The smallest absolute Gasteiger partial charge is 0.227 e. The summed E-state index contributed by atoms with van der Waals surface area (Å²) in [5.41, 5.74) is 1.39. The monoisotopic (exact) mass is 291 g/mol. The lowest BCUT2D eigenvalue weighted by molar-refractivity contribution is -0.119. The number of rotatable bonds is 3. The van der Waals surface area contributed by atoms with Crippen LogP contribution in [0.2, 0.25) is 5.02 Å². The Morgan fingerprint density at radius 1 is 1.40 bits per heavy atom. The van der Waals surface area contributed by atoms with E-state index in [4.69, 9.17) is 16.7 Å². The van der Waals surface area contributed by atoms with E-state index in [1.165, 1.54) is 0 Å². The van der Waals surface area contributed by atoms with Gasteiger partial charge in [-0.05, 0) is 31.0 Å². The molecule has 1 amide bonds. The van der Waals surface area contributed by atoms with Gasteiger partial charge < -0.3 is 10.4 Å². The number of nitrogens with one attached hydrogen (secondary N) is 1. The third-order valence-electron chi connectivity index (χ3n) is 3.42. The maximum Gasteiger partial charge on any atom is 0.227 e. The van der Waals surface area contributed by atoms with Gasteiger partial charge in [0.25, 0.3) is 0 Å². The standard InChI is InChI=1S/C16H18ClNO2/c17-14-9-8-12(5-3-4-10-19)11-15(14)18-16(20)13-6-1-2-7-13/h8-9,11,13,19H,1-2,4,6-7,10H2,(H,18,20). The SMILES string of the molecule is O=C(Nc1cc(C#CCCO)ccc1Cl)C1CCCC1. The van der Waals surface area contributed by atoms with Crippen LogP contribution in [0.5, 0.6) is 0 Å². The van der Waals surface area contributed by atoms with Gasteiger partial charge in [0.1, 0.15) is 0 Å². The molecule has 0 spiro atoms. The molecule has 1 aromatic carbocycles. The van der Waals surface area contributed by atoms with Gasteiger partial charge in [0.05, 0.1) is 17.3 Å². The van der Waals surface area contributed by atoms with E-state index in [2.05, 4.69) is 17.2 Å². The quantitative estimate of drug-likeness (QED) is 0.840. The van der Waals surface area contributed by atoms with Crippen LogP contribution in [0.4, 0.5) is 5.69 Å². The molecule has 0 atom stereocenters. The summed E-state index contributed by atoms with van der Waals surface area (Å²) in [6, 6.07) is 5.31. The summed E-state index contributed by atoms with van der Waals surface area (Å²) >= 11 is 6.11. The Morgan fingerprint density at radius 3 is 2.85 bits per heavy atom. The average Bonchev–Trinajstić information content (AvgIpc) is 2.97. The van der Waals surface area contributed by atoms with Crippen LogP contribution in [0, 0.1) is 17.8 Å². The van der Waals surface area contributed by atoms with Gasteiger partial charge in [-0.3, -0.25) is 4.79 Å². The van der Waals surface area contributed by atoms with Gasteiger partial charge in [0.2, 0.25) is 5.91 Å². The van der Waals surface area contributed by atoms with E-state index < -0.39 is 0 Å². The van der Waals surface area contributed by atoms with Crippen molar-refractivity contribution in [1.82, 2.24) is 0 Å². The average molecular weight is 292 g/mol. The predicted molar refractivity (Wildman–Crippen MR) is 80.6 cm³/mol. The molecule has 2 rings (SSSR count). The topological polar surface area (TPSA) is 49.3 Å². The first-order chi connectivity index (χ1) is 9.70. The molecule has 1 aliphatic rings. The zero-order valence-corrected chi connectivity index (χ0v) is 12.0. The number of halogens is 1. The summed E-state index contributed by atoms with van der Waals surface area (Å²) in [7, 11) is 0. The van der Waals surface area contributed by atoms with E-state index in [9.17, 15) is 4.79 Å². The summed E-state index contributed by atoms with van der Waals surface area (Å²) in [6.45, 7) is 0.0475. The van der Waals surface area contributed by atoms with Crippen LogP contribution in [-0.4, -0.2) is 17.6 Å². The largest absolute Gasteiger partial charge is 0.395 e. The number of carbonyl (C=O) groups excluding carboxylic acids is 1. The van der Waals surface area contributed by atoms with Gasteiger partial charge in [-0.2, -0.15) is 0 Å².